The maximum absolute atomic E-state index is 10.7. The van der Waals surface area contributed by atoms with E-state index in [2.05, 4.69) is 10.2 Å². The lowest BCUT2D eigenvalue weighted by Crippen LogP contribution is -1.96. The SMILES string of the molecule is Cc1ccc2[nH]nc(C(=O)O)c2c1. The molecule has 1 heterocycles. The number of carboxylic acids is 1. The van der Waals surface area contributed by atoms with Crippen LogP contribution in [-0.4, -0.2) is 21.3 Å². The van der Waals surface area contributed by atoms with Crippen molar-refractivity contribution < 1.29 is 9.90 Å². The third kappa shape index (κ3) is 1.16. The van der Waals surface area contributed by atoms with Crippen molar-refractivity contribution in [3.05, 3.63) is 29.5 Å². The van der Waals surface area contributed by atoms with Gasteiger partial charge < -0.3 is 5.11 Å². The van der Waals surface area contributed by atoms with Gasteiger partial charge in [0.05, 0.1) is 5.52 Å². The predicted molar refractivity (Wildman–Crippen MR) is 47.8 cm³/mol. The van der Waals surface area contributed by atoms with Crippen LogP contribution in [0.3, 0.4) is 0 Å². The first kappa shape index (κ1) is 7.79. The molecular weight excluding hydrogens is 168 g/mol. The molecule has 0 amide bonds. The van der Waals surface area contributed by atoms with Crippen LogP contribution < -0.4 is 0 Å². The van der Waals surface area contributed by atoms with E-state index in [0.717, 1.165) is 11.1 Å². The summed E-state index contributed by atoms with van der Waals surface area (Å²) >= 11 is 0. The van der Waals surface area contributed by atoms with Crippen LogP contribution in [0, 0.1) is 6.92 Å². The predicted octanol–water partition coefficient (Wildman–Crippen LogP) is 1.57. The first-order valence-electron chi connectivity index (χ1n) is 3.86. The molecule has 0 saturated carbocycles. The minimum atomic E-state index is -1.00. The van der Waals surface area contributed by atoms with Crippen molar-refractivity contribution >= 4 is 16.9 Å². The fourth-order valence-electron chi connectivity index (χ4n) is 1.29. The van der Waals surface area contributed by atoms with Crippen LogP contribution in [0.5, 0.6) is 0 Å². The molecule has 4 nitrogen and oxygen atoms in total. The number of fused-ring (bicyclic) bond motifs is 1. The number of aromatic nitrogens is 2. The molecule has 0 spiro atoms. The van der Waals surface area contributed by atoms with Gasteiger partial charge >= 0.3 is 5.97 Å². The Kier molecular flexibility index (Phi) is 1.55. The van der Waals surface area contributed by atoms with Crippen LogP contribution in [0.4, 0.5) is 0 Å². The van der Waals surface area contributed by atoms with Gasteiger partial charge in [0, 0.05) is 5.39 Å². The van der Waals surface area contributed by atoms with Crippen molar-refractivity contribution in [2.24, 2.45) is 0 Å². The molecule has 1 aromatic carbocycles. The average Bonchev–Trinajstić information content (AvgIpc) is 2.46. The van der Waals surface area contributed by atoms with Crippen LogP contribution in [0.1, 0.15) is 16.1 Å². The summed E-state index contributed by atoms with van der Waals surface area (Å²) in [5.41, 5.74) is 1.86. The number of carbonyl (C=O) groups is 1. The van der Waals surface area contributed by atoms with Crippen molar-refractivity contribution in [2.75, 3.05) is 0 Å². The van der Waals surface area contributed by atoms with Gasteiger partial charge in [-0.25, -0.2) is 4.79 Å². The van der Waals surface area contributed by atoms with Crippen LogP contribution in [0.25, 0.3) is 10.9 Å². The Bertz CT molecular complexity index is 473. The van der Waals surface area contributed by atoms with E-state index in [1.54, 1.807) is 0 Å². The van der Waals surface area contributed by atoms with E-state index in [9.17, 15) is 4.79 Å². The number of H-pyrrole nitrogens is 1. The van der Waals surface area contributed by atoms with E-state index >= 15 is 0 Å². The summed E-state index contributed by atoms with van der Waals surface area (Å²) in [5.74, 6) is -1.00. The number of aryl methyl sites for hydroxylation is 1. The number of aromatic carboxylic acids is 1. The highest BCUT2D eigenvalue weighted by atomic mass is 16.4. The quantitative estimate of drug-likeness (QED) is 0.693. The molecule has 0 fully saturated rings. The monoisotopic (exact) mass is 176 g/mol. The van der Waals surface area contributed by atoms with E-state index in [1.165, 1.54) is 0 Å². The summed E-state index contributed by atoms with van der Waals surface area (Å²) in [4.78, 5) is 10.7. The summed E-state index contributed by atoms with van der Waals surface area (Å²) in [6, 6.07) is 5.54. The molecule has 2 N–H and O–H groups in total. The smallest absolute Gasteiger partial charge is 0.357 e. The Morgan fingerprint density at radius 2 is 2.31 bits per heavy atom. The third-order valence-electron chi connectivity index (χ3n) is 1.92. The molecule has 0 bridgehead atoms. The van der Waals surface area contributed by atoms with Gasteiger partial charge in [-0.15, -0.1) is 0 Å². The van der Waals surface area contributed by atoms with Crippen LogP contribution >= 0.6 is 0 Å². The van der Waals surface area contributed by atoms with Crippen molar-refractivity contribution in [2.45, 2.75) is 6.92 Å². The van der Waals surface area contributed by atoms with E-state index in [-0.39, 0.29) is 5.69 Å². The molecule has 13 heavy (non-hydrogen) atoms. The second kappa shape index (κ2) is 2.58. The standard InChI is InChI=1S/C9H8N2O2/c1-5-2-3-7-6(4-5)8(9(12)13)11-10-7/h2-4H,1H3,(H,10,11)(H,12,13). The largest absolute Gasteiger partial charge is 0.476 e. The Labute approximate surface area is 74.2 Å². The van der Waals surface area contributed by atoms with Crippen molar-refractivity contribution in [3.63, 3.8) is 0 Å². The summed E-state index contributed by atoms with van der Waals surface area (Å²) < 4.78 is 0. The molecule has 0 atom stereocenters. The van der Waals surface area contributed by atoms with Gasteiger partial charge in [-0.2, -0.15) is 5.10 Å². The van der Waals surface area contributed by atoms with E-state index < -0.39 is 5.97 Å². The topological polar surface area (TPSA) is 66.0 Å². The number of aromatic amines is 1. The number of hydrogen-bond acceptors (Lipinski definition) is 2. The maximum Gasteiger partial charge on any atom is 0.357 e. The van der Waals surface area contributed by atoms with E-state index in [4.69, 9.17) is 5.11 Å². The maximum atomic E-state index is 10.7. The molecule has 0 unspecified atom stereocenters. The molecular formula is C9H8N2O2. The van der Waals surface area contributed by atoms with Crippen molar-refractivity contribution in [1.82, 2.24) is 10.2 Å². The summed E-state index contributed by atoms with van der Waals surface area (Å²) in [7, 11) is 0. The third-order valence-corrected chi connectivity index (χ3v) is 1.92. The minimum Gasteiger partial charge on any atom is -0.476 e. The number of carboxylic acid groups (broad SMARTS) is 1. The van der Waals surface area contributed by atoms with E-state index in [1.807, 2.05) is 25.1 Å². The minimum absolute atomic E-state index is 0.0821. The van der Waals surface area contributed by atoms with Gasteiger partial charge in [0.1, 0.15) is 0 Å². The molecule has 4 heteroatoms. The van der Waals surface area contributed by atoms with Crippen molar-refractivity contribution in [1.29, 1.82) is 0 Å². The van der Waals surface area contributed by atoms with Gasteiger partial charge in [-0.05, 0) is 19.1 Å². The fourth-order valence-corrected chi connectivity index (χ4v) is 1.29. The summed E-state index contributed by atoms with van der Waals surface area (Å²) in [6.45, 7) is 1.91. The van der Waals surface area contributed by atoms with Gasteiger partial charge in [0.2, 0.25) is 0 Å². The molecule has 0 aliphatic rings. The highest BCUT2D eigenvalue weighted by Crippen LogP contribution is 2.16. The van der Waals surface area contributed by atoms with Crippen LogP contribution in [-0.2, 0) is 0 Å². The highest BCUT2D eigenvalue weighted by Gasteiger charge is 2.11. The fraction of sp³-hybridized carbons (Fsp3) is 0.111. The number of rotatable bonds is 1. The van der Waals surface area contributed by atoms with Gasteiger partial charge in [0.15, 0.2) is 5.69 Å². The lowest BCUT2D eigenvalue weighted by Gasteiger charge is -1.92. The van der Waals surface area contributed by atoms with Crippen LogP contribution in [0.15, 0.2) is 18.2 Å². The summed E-state index contributed by atoms with van der Waals surface area (Å²) in [6.07, 6.45) is 0. The number of nitrogens with one attached hydrogen (secondary N) is 1. The Morgan fingerprint density at radius 3 is 3.00 bits per heavy atom. The zero-order valence-corrected chi connectivity index (χ0v) is 7.03. The number of hydrogen-bond donors (Lipinski definition) is 2. The zero-order chi connectivity index (χ0) is 9.42. The second-order valence-corrected chi connectivity index (χ2v) is 2.93. The molecule has 2 rings (SSSR count). The number of benzene rings is 1. The highest BCUT2D eigenvalue weighted by molar-refractivity contribution is 6.01. The average molecular weight is 176 g/mol. The van der Waals surface area contributed by atoms with Gasteiger partial charge in [-0.1, -0.05) is 11.6 Å². The molecule has 0 aliphatic carbocycles. The second-order valence-electron chi connectivity index (χ2n) is 2.93. The normalized spacial score (nSPS) is 10.5. The van der Waals surface area contributed by atoms with E-state index in [0.29, 0.717) is 5.39 Å². The molecule has 0 aliphatic heterocycles. The molecule has 2 aromatic rings. The lowest BCUT2D eigenvalue weighted by molar-refractivity contribution is 0.0692. The van der Waals surface area contributed by atoms with Gasteiger partial charge in [-0.3, -0.25) is 5.10 Å². The lowest BCUT2D eigenvalue weighted by atomic mass is 10.1. The first-order valence-corrected chi connectivity index (χ1v) is 3.86. The molecule has 66 valence electrons. The Balaban J connectivity index is 2.79. The van der Waals surface area contributed by atoms with Crippen molar-refractivity contribution in [3.8, 4) is 0 Å². The summed E-state index contributed by atoms with van der Waals surface area (Å²) in [5, 5.41) is 15.8. The first-order chi connectivity index (χ1) is 6.18. The molecule has 1 aromatic heterocycles. The van der Waals surface area contributed by atoms with Gasteiger partial charge in [0.25, 0.3) is 0 Å². The Morgan fingerprint density at radius 1 is 1.54 bits per heavy atom. The molecule has 0 saturated heterocycles. The van der Waals surface area contributed by atoms with Crippen LogP contribution in [0.2, 0.25) is 0 Å². The Hall–Kier alpha value is -1.84. The molecule has 0 radical (unpaired) electrons. The zero-order valence-electron chi connectivity index (χ0n) is 7.03. The number of nitrogens with zero attached hydrogens (tertiary/aromatic N) is 1.